The molecule has 1 aromatic carbocycles. The molecule has 0 unspecified atom stereocenters. The number of nitrogens with zero attached hydrogens (tertiary/aromatic N) is 2. The van der Waals surface area contributed by atoms with E-state index in [0.29, 0.717) is 5.56 Å². The number of carboxylic acids is 1. The summed E-state index contributed by atoms with van der Waals surface area (Å²) in [6.07, 6.45) is 0. The zero-order chi connectivity index (χ0) is 13.1. The van der Waals surface area contributed by atoms with Crippen LogP contribution >= 0.6 is 11.3 Å². The zero-order valence-electron chi connectivity index (χ0n) is 10.3. The highest BCUT2D eigenvalue weighted by molar-refractivity contribution is 7.09. The molecule has 0 fully saturated rings. The highest BCUT2D eigenvalue weighted by Gasteiger charge is 2.08. The van der Waals surface area contributed by atoms with Gasteiger partial charge in [-0.25, -0.2) is 9.78 Å². The largest absolute Gasteiger partial charge is 0.478 e. The van der Waals surface area contributed by atoms with Crippen LogP contribution in [0.3, 0.4) is 0 Å². The predicted octanol–water partition coefficient (Wildman–Crippen LogP) is 2.79. The van der Waals surface area contributed by atoms with Crippen LogP contribution in [0.4, 0.5) is 5.69 Å². The molecule has 5 heteroatoms. The minimum Gasteiger partial charge on any atom is -0.478 e. The monoisotopic (exact) mass is 262 g/mol. The number of benzene rings is 1. The van der Waals surface area contributed by atoms with Crippen molar-refractivity contribution in [3.63, 3.8) is 0 Å². The third kappa shape index (κ3) is 2.68. The molecule has 2 aromatic rings. The van der Waals surface area contributed by atoms with Crippen molar-refractivity contribution in [2.45, 2.75) is 13.5 Å². The van der Waals surface area contributed by atoms with Gasteiger partial charge in [0.1, 0.15) is 0 Å². The summed E-state index contributed by atoms with van der Waals surface area (Å²) < 4.78 is 0. The highest BCUT2D eigenvalue weighted by atomic mass is 32.1. The Morgan fingerprint density at radius 3 is 2.56 bits per heavy atom. The van der Waals surface area contributed by atoms with Crippen LogP contribution in [0.1, 0.15) is 20.9 Å². The number of carboxylic acid groups (broad SMARTS) is 1. The van der Waals surface area contributed by atoms with E-state index in [-0.39, 0.29) is 0 Å². The minimum atomic E-state index is -0.900. The number of aromatic nitrogens is 1. The van der Waals surface area contributed by atoms with Crippen LogP contribution in [0.5, 0.6) is 0 Å². The molecule has 0 aliphatic heterocycles. The van der Waals surface area contributed by atoms with E-state index >= 15 is 0 Å². The van der Waals surface area contributed by atoms with E-state index in [9.17, 15) is 4.79 Å². The average molecular weight is 262 g/mol. The number of aryl methyl sites for hydroxylation is 1. The summed E-state index contributed by atoms with van der Waals surface area (Å²) in [7, 11) is 1.98. The van der Waals surface area contributed by atoms with Crippen molar-refractivity contribution >= 4 is 23.0 Å². The van der Waals surface area contributed by atoms with Crippen LogP contribution in [0.2, 0.25) is 0 Å². The number of hydrogen-bond acceptors (Lipinski definition) is 4. The van der Waals surface area contributed by atoms with Gasteiger partial charge in [0.25, 0.3) is 0 Å². The lowest BCUT2D eigenvalue weighted by Crippen LogP contribution is -2.16. The van der Waals surface area contributed by atoms with Gasteiger partial charge in [0.15, 0.2) is 0 Å². The fourth-order valence-corrected chi connectivity index (χ4v) is 2.47. The predicted molar refractivity (Wildman–Crippen MR) is 72.4 cm³/mol. The fourth-order valence-electron chi connectivity index (χ4n) is 1.64. The molecule has 1 aromatic heterocycles. The molecule has 1 heterocycles. The van der Waals surface area contributed by atoms with Crippen molar-refractivity contribution in [3.8, 4) is 0 Å². The van der Waals surface area contributed by atoms with Gasteiger partial charge in [-0.1, -0.05) is 0 Å². The number of hydrogen-bond donors (Lipinski definition) is 1. The molecular weight excluding hydrogens is 248 g/mol. The van der Waals surface area contributed by atoms with Crippen molar-refractivity contribution in [1.82, 2.24) is 4.98 Å². The summed E-state index contributed by atoms with van der Waals surface area (Å²) in [5.74, 6) is -0.900. The van der Waals surface area contributed by atoms with Crippen molar-refractivity contribution in [2.24, 2.45) is 0 Å². The summed E-state index contributed by atoms with van der Waals surface area (Å²) in [5, 5.41) is 8.84. The van der Waals surface area contributed by atoms with Gasteiger partial charge in [0, 0.05) is 17.6 Å². The van der Waals surface area contributed by atoms with Crippen molar-refractivity contribution in [3.05, 3.63) is 45.9 Å². The molecule has 0 aliphatic rings. The normalized spacial score (nSPS) is 10.3. The van der Waals surface area contributed by atoms with Crippen LogP contribution in [0.25, 0.3) is 0 Å². The summed E-state index contributed by atoms with van der Waals surface area (Å²) in [5.41, 5.74) is 4.19. The van der Waals surface area contributed by atoms with Gasteiger partial charge in [0.2, 0.25) is 0 Å². The van der Waals surface area contributed by atoms with Gasteiger partial charge in [-0.15, -0.1) is 11.3 Å². The third-order valence-electron chi connectivity index (χ3n) is 2.78. The maximum absolute atomic E-state index is 10.8. The first-order chi connectivity index (χ1) is 8.58. The van der Waals surface area contributed by atoms with Gasteiger partial charge in [-0.2, -0.15) is 0 Å². The standard InChI is InChI=1S/C13H14N2O2S/c1-9-12(18-8-14-9)7-15(2)11-5-3-10(4-6-11)13(16)17/h3-6,8H,7H2,1-2H3,(H,16,17). The van der Waals surface area contributed by atoms with E-state index in [0.717, 1.165) is 17.9 Å². The maximum atomic E-state index is 10.8. The Labute approximate surface area is 110 Å². The van der Waals surface area contributed by atoms with Crippen LogP contribution in [0.15, 0.2) is 29.8 Å². The zero-order valence-corrected chi connectivity index (χ0v) is 11.1. The fraction of sp³-hybridized carbons (Fsp3) is 0.231. The quantitative estimate of drug-likeness (QED) is 0.920. The molecule has 1 N–H and O–H groups in total. The van der Waals surface area contributed by atoms with Crippen LogP contribution < -0.4 is 4.90 Å². The Morgan fingerprint density at radius 2 is 2.06 bits per heavy atom. The Bertz CT molecular complexity index is 548. The van der Waals surface area contributed by atoms with E-state index in [2.05, 4.69) is 9.88 Å². The van der Waals surface area contributed by atoms with Crippen LogP contribution in [-0.4, -0.2) is 23.1 Å². The number of thiazole rings is 1. The van der Waals surface area contributed by atoms with E-state index in [4.69, 9.17) is 5.11 Å². The Hall–Kier alpha value is -1.88. The molecule has 2 rings (SSSR count). The third-order valence-corrected chi connectivity index (χ3v) is 3.70. The molecule has 0 atom stereocenters. The van der Waals surface area contributed by atoms with Crippen molar-refractivity contribution in [2.75, 3.05) is 11.9 Å². The second-order valence-electron chi connectivity index (χ2n) is 4.07. The molecule has 4 nitrogen and oxygen atoms in total. The molecule has 18 heavy (non-hydrogen) atoms. The van der Waals surface area contributed by atoms with E-state index < -0.39 is 5.97 Å². The Balaban J connectivity index is 2.12. The van der Waals surface area contributed by atoms with Gasteiger partial charge >= 0.3 is 5.97 Å². The Morgan fingerprint density at radius 1 is 1.39 bits per heavy atom. The SMILES string of the molecule is Cc1ncsc1CN(C)c1ccc(C(=O)O)cc1. The van der Waals surface area contributed by atoms with E-state index in [1.165, 1.54) is 4.88 Å². The molecule has 94 valence electrons. The number of anilines is 1. The lowest BCUT2D eigenvalue weighted by molar-refractivity contribution is 0.0697. The first-order valence-electron chi connectivity index (χ1n) is 5.51. The molecule has 0 saturated carbocycles. The number of aromatic carboxylic acids is 1. The summed E-state index contributed by atoms with van der Waals surface area (Å²) in [6.45, 7) is 2.77. The second-order valence-corrected chi connectivity index (χ2v) is 5.01. The van der Waals surface area contributed by atoms with Crippen LogP contribution in [0, 0.1) is 6.92 Å². The lowest BCUT2D eigenvalue weighted by Gasteiger charge is -2.18. The smallest absolute Gasteiger partial charge is 0.335 e. The highest BCUT2D eigenvalue weighted by Crippen LogP contribution is 2.20. The molecule has 0 aliphatic carbocycles. The molecule has 0 saturated heterocycles. The molecule has 0 amide bonds. The topological polar surface area (TPSA) is 53.4 Å². The summed E-state index contributed by atoms with van der Waals surface area (Å²) >= 11 is 1.63. The van der Waals surface area contributed by atoms with Gasteiger partial charge in [-0.05, 0) is 31.2 Å². The summed E-state index contributed by atoms with van der Waals surface area (Å²) in [6, 6.07) is 6.88. The van der Waals surface area contributed by atoms with E-state index in [1.807, 2.05) is 31.6 Å². The van der Waals surface area contributed by atoms with Gasteiger partial charge < -0.3 is 10.0 Å². The average Bonchev–Trinajstić information content (AvgIpc) is 2.75. The first kappa shape index (κ1) is 12.6. The van der Waals surface area contributed by atoms with Gasteiger partial charge in [0.05, 0.1) is 23.3 Å². The molecule has 0 radical (unpaired) electrons. The van der Waals surface area contributed by atoms with Gasteiger partial charge in [-0.3, -0.25) is 0 Å². The van der Waals surface area contributed by atoms with Crippen molar-refractivity contribution in [1.29, 1.82) is 0 Å². The first-order valence-corrected chi connectivity index (χ1v) is 6.39. The van der Waals surface area contributed by atoms with Crippen LogP contribution in [-0.2, 0) is 6.54 Å². The van der Waals surface area contributed by atoms with E-state index in [1.54, 1.807) is 23.5 Å². The molecular formula is C13H14N2O2S. The molecule has 0 spiro atoms. The number of carbonyl (C=O) groups is 1. The number of rotatable bonds is 4. The van der Waals surface area contributed by atoms with Crippen molar-refractivity contribution < 1.29 is 9.90 Å². The maximum Gasteiger partial charge on any atom is 0.335 e. The Kier molecular flexibility index (Phi) is 3.62. The minimum absolute atomic E-state index is 0.307. The summed E-state index contributed by atoms with van der Waals surface area (Å²) in [4.78, 5) is 18.3. The second kappa shape index (κ2) is 5.18. The molecule has 0 bridgehead atoms. The lowest BCUT2D eigenvalue weighted by atomic mass is 10.2.